The van der Waals surface area contributed by atoms with Crippen molar-refractivity contribution >= 4 is 0 Å². The summed E-state index contributed by atoms with van der Waals surface area (Å²) in [6.07, 6.45) is 6.28. The van der Waals surface area contributed by atoms with E-state index in [0.717, 1.165) is 44.8 Å². The third-order valence-corrected chi connectivity index (χ3v) is 2.79. The highest BCUT2D eigenvalue weighted by Gasteiger charge is 2.06. The second kappa shape index (κ2) is 8.20. The summed E-state index contributed by atoms with van der Waals surface area (Å²) in [5, 5.41) is 4.23. The minimum atomic E-state index is 0.800. The number of hydrogen-bond donors (Lipinski definition) is 1. The first-order chi connectivity index (χ1) is 8.27. The maximum Gasteiger partial charge on any atom is 0.140 e. The van der Waals surface area contributed by atoms with Crippen molar-refractivity contribution in [3.63, 3.8) is 0 Å². The summed E-state index contributed by atoms with van der Waals surface area (Å²) in [5.74, 6) is 1.06. The molecule has 1 aromatic rings. The van der Waals surface area contributed by atoms with Crippen molar-refractivity contribution < 1.29 is 0 Å². The zero-order valence-corrected chi connectivity index (χ0v) is 11.1. The number of nitrogens with zero attached hydrogens (tertiary/aromatic N) is 4. The van der Waals surface area contributed by atoms with Crippen LogP contribution in [0.3, 0.4) is 0 Å². The molecule has 17 heavy (non-hydrogen) atoms. The lowest BCUT2D eigenvalue weighted by atomic mass is 10.2. The number of hydrogen-bond acceptors (Lipinski definition) is 4. The minimum Gasteiger partial charge on any atom is -0.330 e. The molecular formula is C12H25N5. The van der Waals surface area contributed by atoms with E-state index >= 15 is 0 Å². The maximum absolute atomic E-state index is 5.47. The molecular weight excluding hydrogens is 214 g/mol. The Morgan fingerprint density at radius 1 is 1.35 bits per heavy atom. The van der Waals surface area contributed by atoms with Gasteiger partial charge in [0.15, 0.2) is 0 Å². The van der Waals surface area contributed by atoms with Gasteiger partial charge in [0.25, 0.3) is 0 Å². The Balaban J connectivity index is 2.29. The Morgan fingerprint density at radius 2 is 2.18 bits per heavy atom. The highest BCUT2D eigenvalue weighted by molar-refractivity contribution is 4.84. The van der Waals surface area contributed by atoms with E-state index in [1.54, 1.807) is 6.33 Å². The fourth-order valence-electron chi connectivity index (χ4n) is 1.83. The van der Waals surface area contributed by atoms with Gasteiger partial charge in [0.05, 0.1) is 6.54 Å². The van der Waals surface area contributed by atoms with Crippen LogP contribution in [0.25, 0.3) is 0 Å². The van der Waals surface area contributed by atoms with E-state index < -0.39 is 0 Å². The van der Waals surface area contributed by atoms with Crippen molar-refractivity contribution in [3.8, 4) is 0 Å². The monoisotopic (exact) mass is 239 g/mol. The summed E-state index contributed by atoms with van der Waals surface area (Å²) < 4.78 is 2.00. The molecule has 0 atom stereocenters. The van der Waals surface area contributed by atoms with E-state index in [4.69, 9.17) is 5.73 Å². The second-order valence-corrected chi connectivity index (χ2v) is 4.49. The lowest BCUT2D eigenvalue weighted by molar-refractivity contribution is 0.302. The van der Waals surface area contributed by atoms with Crippen molar-refractivity contribution in [3.05, 3.63) is 12.2 Å². The van der Waals surface area contributed by atoms with Gasteiger partial charge in [-0.3, -0.25) is 4.90 Å². The SMILES string of the molecule is CCCn1ncnc1CN(C)CCCCCN. The molecule has 0 aliphatic rings. The average molecular weight is 239 g/mol. The number of nitrogens with two attached hydrogens (primary N) is 1. The quantitative estimate of drug-likeness (QED) is 0.659. The van der Waals surface area contributed by atoms with E-state index in [-0.39, 0.29) is 0 Å². The van der Waals surface area contributed by atoms with Crippen LogP contribution in [0, 0.1) is 0 Å². The highest BCUT2D eigenvalue weighted by atomic mass is 15.3. The summed E-state index contributed by atoms with van der Waals surface area (Å²) in [4.78, 5) is 6.61. The van der Waals surface area contributed by atoms with Crippen LogP contribution < -0.4 is 5.73 Å². The Hall–Kier alpha value is -0.940. The molecule has 0 aliphatic heterocycles. The van der Waals surface area contributed by atoms with Crippen molar-refractivity contribution in [1.82, 2.24) is 19.7 Å². The predicted octanol–water partition coefficient (Wildman–Crippen LogP) is 1.25. The largest absolute Gasteiger partial charge is 0.330 e. The van der Waals surface area contributed by atoms with E-state index in [1.165, 1.54) is 12.8 Å². The third kappa shape index (κ3) is 5.28. The summed E-state index contributed by atoms with van der Waals surface area (Å²) in [7, 11) is 2.13. The van der Waals surface area contributed by atoms with Crippen LogP contribution in [0.15, 0.2) is 6.33 Å². The Labute approximate surface area is 104 Å². The molecule has 5 nitrogen and oxygen atoms in total. The summed E-state index contributed by atoms with van der Waals surface area (Å²) in [5.41, 5.74) is 5.47. The number of aryl methyl sites for hydroxylation is 1. The van der Waals surface area contributed by atoms with Crippen molar-refractivity contribution in [2.24, 2.45) is 5.73 Å². The van der Waals surface area contributed by atoms with Crippen LogP contribution in [-0.2, 0) is 13.1 Å². The second-order valence-electron chi connectivity index (χ2n) is 4.49. The molecule has 5 heteroatoms. The van der Waals surface area contributed by atoms with E-state index in [9.17, 15) is 0 Å². The van der Waals surface area contributed by atoms with Gasteiger partial charge in [-0.05, 0) is 39.4 Å². The molecule has 2 N–H and O–H groups in total. The lowest BCUT2D eigenvalue weighted by Gasteiger charge is -2.16. The fourth-order valence-corrected chi connectivity index (χ4v) is 1.83. The van der Waals surface area contributed by atoms with Crippen LogP contribution in [0.4, 0.5) is 0 Å². The van der Waals surface area contributed by atoms with Gasteiger partial charge in [0.1, 0.15) is 12.2 Å². The summed E-state index contributed by atoms with van der Waals surface area (Å²) in [6.45, 7) is 5.88. The average Bonchev–Trinajstić information content (AvgIpc) is 2.73. The van der Waals surface area contributed by atoms with Gasteiger partial charge in [0, 0.05) is 6.54 Å². The van der Waals surface area contributed by atoms with Crippen LogP contribution in [0.5, 0.6) is 0 Å². The molecule has 0 unspecified atom stereocenters. The molecule has 0 aromatic carbocycles. The first-order valence-corrected chi connectivity index (χ1v) is 6.53. The zero-order chi connectivity index (χ0) is 12.5. The molecule has 0 saturated heterocycles. The van der Waals surface area contributed by atoms with Crippen molar-refractivity contribution in [1.29, 1.82) is 0 Å². The molecule has 98 valence electrons. The van der Waals surface area contributed by atoms with E-state index in [0.29, 0.717) is 0 Å². The van der Waals surface area contributed by atoms with Gasteiger partial charge >= 0.3 is 0 Å². The predicted molar refractivity (Wildman–Crippen MR) is 69.6 cm³/mol. The van der Waals surface area contributed by atoms with E-state index in [2.05, 4.69) is 29.0 Å². The molecule has 1 rings (SSSR count). The Kier molecular flexibility index (Phi) is 6.81. The first-order valence-electron chi connectivity index (χ1n) is 6.53. The molecule has 0 amide bonds. The molecule has 0 saturated carbocycles. The molecule has 1 heterocycles. The van der Waals surface area contributed by atoms with Gasteiger partial charge in [-0.25, -0.2) is 9.67 Å². The zero-order valence-electron chi connectivity index (χ0n) is 11.1. The van der Waals surface area contributed by atoms with Crippen molar-refractivity contribution in [2.45, 2.75) is 45.7 Å². The normalized spacial score (nSPS) is 11.3. The van der Waals surface area contributed by atoms with Gasteiger partial charge in [-0.2, -0.15) is 5.10 Å². The Morgan fingerprint density at radius 3 is 2.88 bits per heavy atom. The van der Waals surface area contributed by atoms with Crippen LogP contribution in [-0.4, -0.2) is 39.8 Å². The van der Waals surface area contributed by atoms with Crippen LogP contribution >= 0.6 is 0 Å². The standard InChI is InChI=1S/C12H25N5/c1-3-8-17-12(14-11-15-17)10-16(2)9-6-4-5-7-13/h11H,3-10,13H2,1-2H3. The highest BCUT2D eigenvalue weighted by Crippen LogP contribution is 2.03. The van der Waals surface area contributed by atoms with Crippen LogP contribution in [0.2, 0.25) is 0 Å². The van der Waals surface area contributed by atoms with Gasteiger partial charge in [-0.1, -0.05) is 13.3 Å². The number of unbranched alkanes of at least 4 members (excludes halogenated alkanes) is 2. The van der Waals surface area contributed by atoms with Crippen molar-refractivity contribution in [2.75, 3.05) is 20.1 Å². The number of aromatic nitrogens is 3. The molecule has 1 aromatic heterocycles. The van der Waals surface area contributed by atoms with Gasteiger partial charge in [0.2, 0.25) is 0 Å². The fraction of sp³-hybridized carbons (Fsp3) is 0.833. The van der Waals surface area contributed by atoms with Crippen LogP contribution in [0.1, 0.15) is 38.4 Å². The molecule has 0 aliphatic carbocycles. The molecule has 0 bridgehead atoms. The van der Waals surface area contributed by atoms with Gasteiger partial charge < -0.3 is 5.73 Å². The number of rotatable bonds is 9. The molecule has 0 radical (unpaired) electrons. The lowest BCUT2D eigenvalue weighted by Crippen LogP contribution is -2.22. The topological polar surface area (TPSA) is 60.0 Å². The maximum atomic E-state index is 5.47. The Bertz CT molecular complexity index is 297. The summed E-state index contributed by atoms with van der Waals surface area (Å²) in [6, 6.07) is 0. The van der Waals surface area contributed by atoms with Gasteiger partial charge in [-0.15, -0.1) is 0 Å². The molecule has 0 fully saturated rings. The first kappa shape index (κ1) is 14.1. The minimum absolute atomic E-state index is 0.800. The smallest absolute Gasteiger partial charge is 0.140 e. The van der Waals surface area contributed by atoms with E-state index in [1.807, 2.05) is 4.68 Å². The third-order valence-electron chi connectivity index (χ3n) is 2.79. The summed E-state index contributed by atoms with van der Waals surface area (Å²) >= 11 is 0. The molecule has 0 spiro atoms.